The lowest BCUT2D eigenvalue weighted by molar-refractivity contribution is 0.0995. The first-order valence-electron chi connectivity index (χ1n) is 11.7. The van der Waals surface area contributed by atoms with Crippen molar-refractivity contribution in [2.24, 2.45) is 0 Å². The number of ketones is 1. The maximum Gasteiger partial charge on any atom is 0.173 e. The lowest BCUT2D eigenvalue weighted by Crippen LogP contribution is -2.08. The van der Waals surface area contributed by atoms with Gasteiger partial charge in [-0.3, -0.25) is 4.79 Å². The Morgan fingerprint density at radius 1 is 1.00 bits per heavy atom. The van der Waals surface area contributed by atoms with Gasteiger partial charge in [0, 0.05) is 35.1 Å². The van der Waals surface area contributed by atoms with Crippen molar-refractivity contribution >= 4 is 40.3 Å². The van der Waals surface area contributed by atoms with E-state index in [0.29, 0.717) is 17.1 Å². The molecule has 3 aromatic carbocycles. The van der Waals surface area contributed by atoms with Crippen LogP contribution in [0.15, 0.2) is 72.9 Å². The van der Waals surface area contributed by atoms with E-state index in [1.165, 1.54) is 11.1 Å². The smallest absolute Gasteiger partial charge is 0.173 e. The fourth-order valence-electron chi connectivity index (χ4n) is 4.48. The van der Waals surface area contributed by atoms with Crippen molar-refractivity contribution in [2.75, 3.05) is 10.6 Å². The monoisotopic (exact) mass is 483 g/mol. The highest BCUT2D eigenvalue weighted by Crippen LogP contribution is 2.35. The average Bonchev–Trinajstić information content (AvgIpc) is 2.97. The first kappa shape index (κ1) is 22.9. The number of pyridine rings is 1. The molecule has 6 heteroatoms. The number of benzene rings is 3. The van der Waals surface area contributed by atoms with Gasteiger partial charge in [-0.1, -0.05) is 41.9 Å². The zero-order valence-corrected chi connectivity index (χ0v) is 20.2. The summed E-state index contributed by atoms with van der Waals surface area (Å²) >= 11 is 6.10. The van der Waals surface area contributed by atoms with Gasteiger partial charge in [0.2, 0.25) is 0 Å². The van der Waals surface area contributed by atoms with Crippen molar-refractivity contribution in [3.05, 3.63) is 106 Å². The molecule has 1 aliphatic heterocycles. The molecule has 0 atom stereocenters. The summed E-state index contributed by atoms with van der Waals surface area (Å²) in [4.78, 5) is 17.8. The first-order chi connectivity index (χ1) is 17.0. The first-order valence-corrected chi connectivity index (χ1v) is 12.1. The SMILES string of the molecule is Cc1ccc(O)cc1Nc1ccnc2c1C(=O)Cc1cc(CCCc3cccc(Cl)c3)ccc1N2. The molecule has 0 unspecified atom stereocenters. The van der Waals surface area contributed by atoms with E-state index in [0.717, 1.165) is 46.8 Å². The molecule has 0 fully saturated rings. The summed E-state index contributed by atoms with van der Waals surface area (Å²) in [6.07, 6.45) is 4.84. The Balaban J connectivity index is 1.35. The minimum Gasteiger partial charge on any atom is -0.508 e. The summed E-state index contributed by atoms with van der Waals surface area (Å²) in [5.41, 5.74) is 7.19. The Morgan fingerprint density at radius 2 is 1.83 bits per heavy atom. The summed E-state index contributed by atoms with van der Waals surface area (Å²) in [6.45, 7) is 1.95. The fourth-order valence-corrected chi connectivity index (χ4v) is 4.69. The van der Waals surface area contributed by atoms with Gasteiger partial charge in [0.05, 0.1) is 11.3 Å². The van der Waals surface area contributed by atoms with Gasteiger partial charge in [0.15, 0.2) is 5.78 Å². The molecule has 5 rings (SSSR count). The summed E-state index contributed by atoms with van der Waals surface area (Å²) < 4.78 is 0. The van der Waals surface area contributed by atoms with Crippen molar-refractivity contribution in [3.8, 4) is 5.75 Å². The molecule has 3 N–H and O–H groups in total. The quantitative estimate of drug-likeness (QED) is 0.271. The van der Waals surface area contributed by atoms with Gasteiger partial charge < -0.3 is 15.7 Å². The molecule has 0 aliphatic carbocycles. The molecular weight excluding hydrogens is 458 g/mol. The molecule has 2 heterocycles. The summed E-state index contributed by atoms with van der Waals surface area (Å²) in [7, 11) is 0. The molecular formula is C29H26ClN3O2. The highest BCUT2D eigenvalue weighted by atomic mass is 35.5. The third-order valence-corrected chi connectivity index (χ3v) is 6.55. The zero-order valence-electron chi connectivity index (χ0n) is 19.4. The van der Waals surface area contributed by atoms with Crippen LogP contribution >= 0.6 is 11.6 Å². The largest absolute Gasteiger partial charge is 0.508 e. The van der Waals surface area contributed by atoms with Crippen LogP contribution in [0.2, 0.25) is 5.02 Å². The summed E-state index contributed by atoms with van der Waals surface area (Å²) in [5.74, 6) is 0.694. The topological polar surface area (TPSA) is 74.2 Å². The molecule has 0 radical (unpaired) electrons. The number of rotatable bonds is 6. The normalized spacial score (nSPS) is 12.3. The lowest BCUT2D eigenvalue weighted by Gasteiger charge is -2.15. The number of Topliss-reactive ketones (excluding diaryl/α,β-unsaturated/α-hetero) is 1. The molecule has 35 heavy (non-hydrogen) atoms. The molecule has 4 aromatic rings. The second-order valence-electron chi connectivity index (χ2n) is 8.91. The van der Waals surface area contributed by atoms with Gasteiger partial charge in [-0.15, -0.1) is 0 Å². The van der Waals surface area contributed by atoms with Gasteiger partial charge in [-0.25, -0.2) is 4.98 Å². The number of carbonyl (C=O) groups is 1. The predicted molar refractivity (Wildman–Crippen MR) is 142 cm³/mol. The van der Waals surface area contributed by atoms with Gasteiger partial charge in [-0.05, 0) is 78.8 Å². The van der Waals surface area contributed by atoms with Crippen LogP contribution in [0.5, 0.6) is 5.75 Å². The Hall–Kier alpha value is -3.83. The fraction of sp³-hybridized carbons (Fsp3) is 0.172. The summed E-state index contributed by atoms with van der Waals surface area (Å²) in [5, 5.41) is 17.3. The third-order valence-electron chi connectivity index (χ3n) is 6.31. The highest BCUT2D eigenvalue weighted by molar-refractivity contribution is 6.30. The number of aryl methyl sites for hydroxylation is 3. The number of nitrogens with one attached hydrogen (secondary N) is 2. The zero-order chi connectivity index (χ0) is 24.4. The second-order valence-corrected chi connectivity index (χ2v) is 9.34. The van der Waals surface area contributed by atoms with E-state index in [9.17, 15) is 9.90 Å². The Labute approximate surface area is 209 Å². The number of anilines is 4. The Morgan fingerprint density at radius 3 is 2.66 bits per heavy atom. The van der Waals surface area contributed by atoms with E-state index in [4.69, 9.17) is 11.6 Å². The number of aromatic nitrogens is 1. The van der Waals surface area contributed by atoms with Crippen LogP contribution in [0, 0.1) is 6.92 Å². The van der Waals surface area contributed by atoms with Crippen molar-refractivity contribution in [2.45, 2.75) is 32.6 Å². The van der Waals surface area contributed by atoms with Crippen LogP contribution in [0.25, 0.3) is 0 Å². The van der Waals surface area contributed by atoms with Crippen molar-refractivity contribution < 1.29 is 9.90 Å². The molecule has 176 valence electrons. The molecule has 1 aromatic heterocycles. The van der Waals surface area contributed by atoms with Crippen molar-refractivity contribution in [1.82, 2.24) is 4.98 Å². The van der Waals surface area contributed by atoms with E-state index >= 15 is 0 Å². The number of hydrogen-bond acceptors (Lipinski definition) is 5. The molecule has 0 saturated heterocycles. The van der Waals surface area contributed by atoms with E-state index in [2.05, 4.69) is 33.8 Å². The van der Waals surface area contributed by atoms with Crippen LogP contribution in [0.3, 0.4) is 0 Å². The number of phenolic OH excluding ortho intramolecular Hbond substituents is 1. The molecule has 0 amide bonds. The number of phenols is 1. The number of carbonyl (C=O) groups excluding carboxylic acids is 1. The van der Waals surface area contributed by atoms with Crippen LogP contribution in [0.1, 0.15) is 39.0 Å². The highest BCUT2D eigenvalue weighted by Gasteiger charge is 2.24. The van der Waals surface area contributed by atoms with Crippen LogP contribution in [-0.2, 0) is 19.3 Å². The van der Waals surface area contributed by atoms with Gasteiger partial charge in [0.25, 0.3) is 0 Å². The predicted octanol–water partition coefficient (Wildman–Crippen LogP) is 7.15. The molecule has 0 bridgehead atoms. The van der Waals surface area contributed by atoms with Crippen LogP contribution < -0.4 is 10.6 Å². The van der Waals surface area contributed by atoms with Gasteiger partial charge in [0.1, 0.15) is 11.6 Å². The van der Waals surface area contributed by atoms with E-state index in [1.807, 2.05) is 37.3 Å². The van der Waals surface area contributed by atoms with E-state index < -0.39 is 0 Å². The lowest BCUT2D eigenvalue weighted by atomic mass is 9.98. The van der Waals surface area contributed by atoms with E-state index in [1.54, 1.807) is 24.4 Å². The third kappa shape index (κ3) is 5.15. The minimum absolute atomic E-state index is 0.00395. The average molecular weight is 484 g/mol. The number of aromatic hydroxyl groups is 1. The summed E-state index contributed by atoms with van der Waals surface area (Å²) in [6, 6.07) is 21.2. The van der Waals surface area contributed by atoms with Gasteiger partial charge in [-0.2, -0.15) is 0 Å². The molecule has 0 spiro atoms. The van der Waals surface area contributed by atoms with Crippen molar-refractivity contribution in [1.29, 1.82) is 0 Å². The minimum atomic E-state index is -0.00395. The Bertz CT molecular complexity index is 1420. The van der Waals surface area contributed by atoms with Crippen LogP contribution in [-0.4, -0.2) is 15.9 Å². The number of nitrogens with zero attached hydrogens (tertiary/aromatic N) is 1. The second kappa shape index (κ2) is 9.80. The Kier molecular flexibility index (Phi) is 6.43. The standard InChI is InChI=1S/C29H26ClN3O2/c1-18-8-10-23(34)17-26(18)32-25-12-13-31-29-28(25)27(35)16-21-14-20(9-11-24(21)33-29)5-2-4-19-6-3-7-22(30)15-19/h3,6-15,17,34H,2,4-5,16H2,1H3,(H2,31,32,33). The molecule has 1 aliphatic rings. The maximum absolute atomic E-state index is 13.4. The maximum atomic E-state index is 13.4. The number of fused-ring (bicyclic) bond motifs is 2. The van der Waals surface area contributed by atoms with Gasteiger partial charge >= 0.3 is 0 Å². The molecule has 0 saturated carbocycles. The number of halogens is 1. The van der Waals surface area contributed by atoms with Crippen molar-refractivity contribution in [3.63, 3.8) is 0 Å². The molecule has 5 nitrogen and oxygen atoms in total. The van der Waals surface area contributed by atoms with E-state index in [-0.39, 0.29) is 18.0 Å². The van der Waals surface area contributed by atoms with Crippen LogP contribution in [0.4, 0.5) is 22.9 Å². The number of hydrogen-bond donors (Lipinski definition) is 3.